The number of anilines is 1. The molecule has 20 heavy (non-hydrogen) atoms. The molecule has 0 heterocycles. The molecular weight excluding hydrogens is 281 g/mol. The first-order valence-electron chi connectivity index (χ1n) is 5.95. The third-order valence-electron chi connectivity index (χ3n) is 3.07. The van der Waals surface area contributed by atoms with Gasteiger partial charge in [-0.1, -0.05) is 29.8 Å². The number of carboxylic acids is 1. The van der Waals surface area contributed by atoms with E-state index in [4.69, 9.17) is 11.6 Å². The number of hydrogen-bond donors (Lipinski definition) is 2. The predicted molar refractivity (Wildman–Crippen MR) is 76.5 cm³/mol. The molecule has 0 aliphatic rings. The molecule has 2 rings (SSSR count). The van der Waals surface area contributed by atoms with Crippen molar-refractivity contribution >= 4 is 23.3 Å². The maximum atomic E-state index is 13.0. The minimum atomic E-state index is -1.38. The molecule has 0 spiro atoms. The van der Waals surface area contributed by atoms with Crippen LogP contribution in [0.4, 0.5) is 10.1 Å². The molecule has 0 amide bonds. The lowest BCUT2D eigenvalue weighted by Gasteiger charge is -2.28. The Morgan fingerprint density at radius 1 is 1.25 bits per heavy atom. The highest BCUT2D eigenvalue weighted by molar-refractivity contribution is 6.30. The summed E-state index contributed by atoms with van der Waals surface area (Å²) >= 11 is 5.88. The fourth-order valence-corrected chi connectivity index (χ4v) is 2.08. The smallest absolute Gasteiger partial charge is 0.333 e. The molecule has 0 saturated heterocycles. The van der Waals surface area contributed by atoms with Crippen molar-refractivity contribution in [2.75, 3.05) is 5.32 Å². The number of hydrogen-bond acceptors (Lipinski definition) is 2. The molecule has 5 heteroatoms. The third kappa shape index (κ3) is 2.91. The lowest BCUT2D eigenvalue weighted by atomic mass is 9.91. The molecule has 0 radical (unpaired) electrons. The van der Waals surface area contributed by atoms with Crippen LogP contribution in [-0.4, -0.2) is 11.1 Å². The van der Waals surface area contributed by atoms with Crippen LogP contribution in [0.3, 0.4) is 0 Å². The molecule has 2 aromatic rings. The Morgan fingerprint density at radius 3 is 2.45 bits per heavy atom. The van der Waals surface area contributed by atoms with Gasteiger partial charge in [0.1, 0.15) is 5.82 Å². The summed E-state index contributed by atoms with van der Waals surface area (Å²) < 4.78 is 13.0. The van der Waals surface area contributed by atoms with E-state index in [2.05, 4.69) is 5.32 Å². The normalized spacial score (nSPS) is 13.6. The molecule has 2 N–H and O–H groups in total. The van der Waals surface area contributed by atoms with E-state index in [0.29, 0.717) is 16.3 Å². The number of carboxylic acid groups (broad SMARTS) is 1. The Hall–Kier alpha value is -2.07. The summed E-state index contributed by atoms with van der Waals surface area (Å²) in [4.78, 5) is 11.6. The molecule has 0 fully saturated rings. The second kappa shape index (κ2) is 5.51. The lowest BCUT2D eigenvalue weighted by molar-refractivity contribution is -0.142. The fourth-order valence-electron chi connectivity index (χ4n) is 1.89. The van der Waals surface area contributed by atoms with Gasteiger partial charge in [-0.05, 0) is 42.8 Å². The molecule has 3 nitrogen and oxygen atoms in total. The zero-order valence-electron chi connectivity index (χ0n) is 10.7. The molecule has 104 valence electrons. The number of carbonyl (C=O) groups is 1. The highest BCUT2D eigenvalue weighted by atomic mass is 35.5. The van der Waals surface area contributed by atoms with Crippen LogP contribution in [-0.2, 0) is 10.3 Å². The van der Waals surface area contributed by atoms with Crippen LogP contribution in [0, 0.1) is 5.82 Å². The zero-order chi connectivity index (χ0) is 14.8. The van der Waals surface area contributed by atoms with Gasteiger partial charge in [0.05, 0.1) is 0 Å². The Morgan fingerprint density at radius 2 is 1.90 bits per heavy atom. The van der Waals surface area contributed by atoms with E-state index in [0.717, 1.165) is 0 Å². The molecule has 1 atom stereocenters. The van der Waals surface area contributed by atoms with E-state index in [1.54, 1.807) is 24.3 Å². The number of nitrogens with one attached hydrogen (secondary N) is 1. The summed E-state index contributed by atoms with van der Waals surface area (Å²) in [7, 11) is 0. The number of aliphatic carboxylic acids is 1. The van der Waals surface area contributed by atoms with Gasteiger partial charge in [0, 0.05) is 10.7 Å². The van der Waals surface area contributed by atoms with Crippen molar-refractivity contribution in [3.63, 3.8) is 0 Å². The first-order chi connectivity index (χ1) is 9.41. The largest absolute Gasteiger partial charge is 0.479 e. The van der Waals surface area contributed by atoms with Crippen LogP contribution in [0.2, 0.25) is 5.02 Å². The van der Waals surface area contributed by atoms with Crippen molar-refractivity contribution in [1.29, 1.82) is 0 Å². The third-order valence-corrected chi connectivity index (χ3v) is 3.30. The predicted octanol–water partition coefficient (Wildman–Crippen LogP) is 3.89. The second-order valence-electron chi connectivity index (χ2n) is 4.57. The highest BCUT2D eigenvalue weighted by Gasteiger charge is 2.35. The van der Waals surface area contributed by atoms with Gasteiger partial charge >= 0.3 is 5.97 Å². The van der Waals surface area contributed by atoms with E-state index in [-0.39, 0.29) is 0 Å². The Labute approximate surface area is 121 Å². The van der Waals surface area contributed by atoms with Gasteiger partial charge in [-0.3, -0.25) is 0 Å². The van der Waals surface area contributed by atoms with Crippen molar-refractivity contribution in [3.8, 4) is 0 Å². The second-order valence-corrected chi connectivity index (χ2v) is 5.01. The van der Waals surface area contributed by atoms with Crippen LogP contribution < -0.4 is 5.32 Å². The topological polar surface area (TPSA) is 49.3 Å². The van der Waals surface area contributed by atoms with E-state index in [9.17, 15) is 14.3 Å². The fraction of sp³-hybridized carbons (Fsp3) is 0.133. The molecule has 0 aliphatic heterocycles. The number of benzene rings is 2. The maximum Gasteiger partial charge on any atom is 0.333 e. The molecule has 0 bridgehead atoms. The maximum absolute atomic E-state index is 13.0. The zero-order valence-corrected chi connectivity index (χ0v) is 11.5. The Kier molecular flexibility index (Phi) is 3.95. The van der Waals surface area contributed by atoms with Gasteiger partial charge in [0.25, 0.3) is 0 Å². The Bertz CT molecular complexity index is 630. The minimum absolute atomic E-state index is 0.413. The lowest BCUT2D eigenvalue weighted by Crippen LogP contribution is -2.40. The van der Waals surface area contributed by atoms with Crippen LogP contribution in [0.5, 0.6) is 0 Å². The first kappa shape index (κ1) is 14.3. The molecule has 0 aliphatic carbocycles. The van der Waals surface area contributed by atoms with E-state index >= 15 is 0 Å². The van der Waals surface area contributed by atoms with Crippen LogP contribution in [0.25, 0.3) is 0 Å². The minimum Gasteiger partial charge on any atom is -0.479 e. The summed E-state index contributed by atoms with van der Waals surface area (Å²) in [6.45, 7) is 1.52. The summed E-state index contributed by atoms with van der Waals surface area (Å²) in [5, 5.41) is 12.9. The first-order valence-corrected chi connectivity index (χ1v) is 6.33. The quantitative estimate of drug-likeness (QED) is 0.899. The molecule has 1 unspecified atom stereocenters. The molecule has 0 aromatic heterocycles. The molecule has 0 saturated carbocycles. The average Bonchev–Trinajstić information content (AvgIpc) is 2.39. The van der Waals surface area contributed by atoms with Gasteiger partial charge in [-0.25, -0.2) is 9.18 Å². The summed E-state index contributed by atoms with van der Waals surface area (Å²) in [5.41, 5.74) is -0.351. The number of halogens is 2. The van der Waals surface area contributed by atoms with E-state index < -0.39 is 17.3 Å². The van der Waals surface area contributed by atoms with Gasteiger partial charge in [-0.15, -0.1) is 0 Å². The van der Waals surface area contributed by atoms with Crippen molar-refractivity contribution in [2.45, 2.75) is 12.5 Å². The monoisotopic (exact) mass is 293 g/mol. The Balaban J connectivity index is 2.39. The number of rotatable bonds is 4. The standard InChI is InChI=1S/C15H13ClFNO2/c1-15(14(19)20,10-5-7-12(17)8-6-10)18-13-4-2-3-11(16)9-13/h2-9,18H,1H3,(H,19,20). The molecule has 2 aromatic carbocycles. The van der Waals surface area contributed by atoms with Gasteiger partial charge in [-0.2, -0.15) is 0 Å². The van der Waals surface area contributed by atoms with Crippen molar-refractivity contribution < 1.29 is 14.3 Å². The van der Waals surface area contributed by atoms with E-state index in [1.807, 2.05) is 0 Å². The van der Waals surface area contributed by atoms with Gasteiger partial charge < -0.3 is 10.4 Å². The van der Waals surface area contributed by atoms with Gasteiger partial charge in [0.15, 0.2) is 5.54 Å². The van der Waals surface area contributed by atoms with Crippen molar-refractivity contribution in [3.05, 3.63) is 64.9 Å². The van der Waals surface area contributed by atoms with E-state index in [1.165, 1.54) is 31.2 Å². The highest BCUT2D eigenvalue weighted by Crippen LogP contribution is 2.28. The summed E-state index contributed by atoms with van der Waals surface area (Å²) in [6, 6.07) is 12.1. The van der Waals surface area contributed by atoms with Crippen molar-refractivity contribution in [1.82, 2.24) is 0 Å². The van der Waals surface area contributed by atoms with Crippen LogP contribution in [0.15, 0.2) is 48.5 Å². The van der Waals surface area contributed by atoms with Crippen molar-refractivity contribution in [2.24, 2.45) is 0 Å². The summed E-state index contributed by atoms with van der Waals surface area (Å²) in [6.07, 6.45) is 0. The van der Waals surface area contributed by atoms with Crippen LogP contribution >= 0.6 is 11.6 Å². The molecular formula is C15H13ClFNO2. The van der Waals surface area contributed by atoms with Gasteiger partial charge in [0.2, 0.25) is 0 Å². The SMILES string of the molecule is CC(Nc1cccc(Cl)c1)(C(=O)O)c1ccc(F)cc1. The van der Waals surface area contributed by atoms with Crippen LogP contribution in [0.1, 0.15) is 12.5 Å². The summed E-state index contributed by atoms with van der Waals surface area (Å²) in [5.74, 6) is -1.48. The average molecular weight is 294 g/mol.